The van der Waals surface area contributed by atoms with E-state index >= 15 is 0 Å². The van der Waals surface area contributed by atoms with Crippen molar-refractivity contribution in [1.82, 2.24) is 29.7 Å². The highest BCUT2D eigenvalue weighted by Gasteiger charge is 2.14. The maximum absolute atomic E-state index is 12.6. The standard InChI is InChI=1S/C33H54N6O6/c1-3-5-7-9-14-18-22-38-24-26(30(42)36-32(38)44)28(40)34-20-16-12-11-13-17-21-35-29(41)27-25-39(33(45)37-31(27)43)23-19-15-10-8-6-4-2/h24-25H,3-23H2,1-2H3,(H,34,40)(H,35,41)(H,36,42,44)(H,37,43,45). The molecule has 252 valence electrons. The van der Waals surface area contributed by atoms with Crippen molar-refractivity contribution < 1.29 is 9.59 Å². The van der Waals surface area contributed by atoms with Gasteiger partial charge in [0.25, 0.3) is 22.9 Å². The van der Waals surface area contributed by atoms with Gasteiger partial charge in [0.2, 0.25) is 0 Å². The Bertz CT molecular complexity index is 1300. The van der Waals surface area contributed by atoms with E-state index in [-0.39, 0.29) is 11.1 Å². The molecule has 2 aromatic rings. The Hall–Kier alpha value is -3.70. The Balaban J connectivity index is 1.65. The summed E-state index contributed by atoms with van der Waals surface area (Å²) in [7, 11) is 0. The van der Waals surface area contributed by atoms with Gasteiger partial charge in [-0.15, -0.1) is 0 Å². The van der Waals surface area contributed by atoms with Gasteiger partial charge >= 0.3 is 11.4 Å². The highest BCUT2D eigenvalue weighted by molar-refractivity contribution is 5.93. The summed E-state index contributed by atoms with van der Waals surface area (Å²) >= 11 is 0. The van der Waals surface area contributed by atoms with Crippen LogP contribution in [0.3, 0.4) is 0 Å². The molecule has 0 aliphatic heterocycles. The highest BCUT2D eigenvalue weighted by Crippen LogP contribution is 2.07. The highest BCUT2D eigenvalue weighted by atomic mass is 16.2. The number of hydrogen-bond acceptors (Lipinski definition) is 6. The molecule has 0 bridgehead atoms. The molecule has 4 N–H and O–H groups in total. The molecule has 0 aromatic carbocycles. The van der Waals surface area contributed by atoms with Gasteiger partial charge < -0.3 is 10.6 Å². The van der Waals surface area contributed by atoms with E-state index in [0.717, 1.165) is 70.6 Å². The fourth-order valence-electron chi connectivity index (χ4n) is 5.17. The summed E-state index contributed by atoms with van der Waals surface area (Å²) < 4.78 is 2.80. The van der Waals surface area contributed by atoms with Crippen LogP contribution in [0.5, 0.6) is 0 Å². The average molecular weight is 631 g/mol. The molecule has 45 heavy (non-hydrogen) atoms. The number of carbonyl (C=O) groups excluding carboxylic acids is 2. The largest absolute Gasteiger partial charge is 0.352 e. The Morgan fingerprint density at radius 1 is 0.533 bits per heavy atom. The molecule has 0 saturated heterocycles. The lowest BCUT2D eigenvalue weighted by atomic mass is 10.1. The number of hydrogen-bond donors (Lipinski definition) is 4. The molecule has 2 heterocycles. The molecule has 0 fully saturated rings. The minimum absolute atomic E-state index is 0.0621. The Morgan fingerprint density at radius 3 is 1.24 bits per heavy atom. The van der Waals surface area contributed by atoms with Crippen molar-refractivity contribution in [3.63, 3.8) is 0 Å². The monoisotopic (exact) mass is 630 g/mol. The Labute approximate surface area is 265 Å². The zero-order valence-electron chi connectivity index (χ0n) is 27.3. The molecule has 0 atom stereocenters. The van der Waals surface area contributed by atoms with Crippen LogP contribution >= 0.6 is 0 Å². The van der Waals surface area contributed by atoms with E-state index in [1.807, 2.05) is 0 Å². The van der Waals surface area contributed by atoms with Gasteiger partial charge in [-0.1, -0.05) is 97.3 Å². The first-order chi connectivity index (χ1) is 21.8. The van der Waals surface area contributed by atoms with Crippen molar-refractivity contribution in [3.8, 4) is 0 Å². The third kappa shape index (κ3) is 14.3. The van der Waals surface area contributed by atoms with Crippen LogP contribution in [0.1, 0.15) is 144 Å². The number of aromatic amines is 2. The molecule has 0 spiro atoms. The fraction of sp³-hybridized carbons (Fsp3) is 0.697. The predicted molar refractivity (Wildman–Crippen MR) is 177 cm³/mol. The van der Waals surface area contributed by atoms with Crippen molar-refractivity contribution in [1.29, 1.82) is 0 Å². The minimum atomic E-state index is -0.683. The first-order valence-electron chi connectivity index (χ1n) is 17.0. The van der Waals surface area contributed by atoms with Crippen molar-refractivity contribution in [3.05, 3.63) is 65.2 Å². The summed E-state index contributed by atoms with van der Waals surface area (Å²) in [4.78, 5) is 78.3. The molecule has 12 nitrogen and oxygen atoms in total. The molecule has 2 amide bonds. The number of aryl methyl sites for hydroxylation is 2. The van der Waals surface area contributed by atoms with Crippen molar-refractivity contribution in [2.45, 2.75) is 136 Å². The van der Waals surface area contributed by atoms with Crippen molar-refractivity contribution >= 4 is 11.8 Å². The number of aromatic nitrogens is 4. The van der Waals surface area contributed by atoms with Gasteiger partial charge in [0, 0.05) is 38.6 Å². The van der Waals surface area contributed by atoms with E-state index < -0.39 is 34.3 Å². The molecule has 12 heteroatoms. The van der Waals surface area contributed by atoms with Crippen LogP contribution in [0.2, 0.25) is 0 Å². The van der Waals surface area contributed by atoms with E-state index in [1.54, 1.807) is 0 Å². The molecule has 0 radical (unpaired) electrons. The zero-order chi connectivity index (χ0) is 32.9. The lowest BCUT2D eigenvalue weighted by molar-refractivity contribution is 0.0942. The topological polar surface area (TPSA) is 168 Å². The van der Waals surface area contributed by atoms with Crippen LogP contribution in [-0.4, -0.2) is 44.0 Å². The number of nitrogens with zero attached hydrogens (tertiary/aromatic N) is 2. The molecule has 0 aliphatic carbocycles. The van der Waals surface area contributed by atoms with Gasteiger partial charge in [-0.3, -0.25) is 38.3 Å². The summed E-state index contributed by atoms with van der Waals surface area (Å²) in [6, 6.07) is 0. The van der Waals surface area contributed by atoms with Crippen molar-refractivity contribution in [2.24, 2.45) is 0 Å². The summed E-state index contributed by atoms with van der Waals surface area (Å²) in [6.07, 6.45) is 19.6. The van der Waals surface area contributed by atoms with Gasteiger partial charge in [0.1, 0.15) is 11.1 Å². The van der Waals surface area contributed by atoms with Crippen LogP contribution in [0.15, 0.2) is 31.6 Å². The number of carbonyl (C=O) groups is 2. The number of rotatable bonds is 24. The van der Waals surface area contributed by atoms with Gasteiger partial charge in [-0.2, -0.15) is 0 Å². The summed E-state index contributed by atoms with van der Waals surface area (Å²) in [5, 5.41) is 5.52. The fourth-order valence-corrected chi connectivity index (χ4v) is 5.17. The second kappa shape index (κ2) is 21.9. The van der Waals surface area contributed by atoms with Crippen LogP contribution in [0, 0.1) is 0 Å². The van der Waals surface area contributed by atoms with Gasteiger partial charge in [-0.25, -0.2) is 9.59 Å². The van der Waals surface area contributed by atoms with Gasteiger partial charge in [0.05, 0.1) is 0 Å². The lowest BCUT2D eigenvalue weighted by Gasteiger charge is -2.09. The molecule has 0 aliphatic rings. The smallest absolute Gasteiger partial charge is 0.328 e. The Kier molecular flexibility index (Phi) is 18.3. The maximum atomic E-state index is 12.6. The lowest BCUT2D eigenvalue weighted by Crippen LogP contribution is -2.37. The van der Waals surface area contributed by atoms with Crippen LogP contribution < -0.4 is 33.1 Å². The van der Waals surface area contributed by atoms with Crippen LogP contribution in [0.25, 0.3) is 0 Å². The van der Waals surface area contributed by atoms with Gasteiger partial charge in [-0.05, 0) is 25.7 Å². The third-order valence-corrected chi connectivity index (χ3v) is 7.94. The SMILES string of the molecule is CCCCCCCCn1cc(C(=O)NCCCCCCCNC(=O)c2cn(CCCCCCCC)c(=O)[nH]c2=O)c(=O)[nH]c1=O. The number of nitrogens with one attached hydrogen (secondary N) is 4. The van der Waals surface area contributed by atoms with Gasteiger partial charge in [0.15, 0.2) is 0 Å². The maximum Gasteiger partial charge on any atom is 0.328 e. The zero-order valence-corrected chi connectivity index (χ0v) is 27.3. The van der Waals surface area contributed by atoms with E-state index in [0.29, 0.717) is 26.2 Å². The minimum Gasteiger partial charge on any atom is -0.352 e. The second-order valence-corrected chi connectivity index (χ2v) is 11.8. The molecule has 0 saturated carbocycles. The average Bonchev–Trinajstić information content (AvgIpc) is 3.01. The summed E-state index contributed by atoms with van der Waals surface area (Å²) in [6.45, 7) is 6.06. The summed E-state index contributed by atoms with van der Waals surface area (Å²) in [5.74, 6) is -0.993. The molecular weight excluding hydrogens is 576 g/mol. The van der Waals surface area contributed by atoms with Crippen molar-refractivity contribution in [2.75, 3.05) is 13.1 Å². The quantitative estimate of drug-likeness (QED) is 0.127. The first kappa shape index (κ1) is 37.5. The first-order valence-corrected chi connectivity index (χ1v) is 17.0. The molecule has 2 aromatic heterocycles. The van der Waals surface area contributed by atoms with E-state index in [1.165, 1.54) is 60.1 Å². The number of H-pyrrole nitrogens is 2. The molecular formula is C33H54N6O6. The van der Waals surface area contributed by atoms with E-state index in [9.17, 15) is 28.8 Å². The van der Waals surface area contributed by atoms with E-state index in [4.69, 9.17) is 0 Å². The normalized spacial score (nSPS) is 11.1. The number of unbranched alkanes of at least 4 members (excludes halogenated alkanes) is 14. The van der Waals surface area contributed by atoms with Crippen LogP contribution in [-0.2, 0) is 13.1 Å². The molecule has 0 unspecified atom stereocenters. The van der Waals surface area contributed by atoms with Crippen LogP contribution in [0.4, 0.5) is 0 Å². The summed E-state index contributed by atoms with van der Waals surface area (Å²) in [5.41, 5.74) is -2.49. The second-order valence-electron chi connectivity index (χ2n) is 11.8. The molecule has 2 rings (SSSR count). The predicted octanol–water partition coefficient (Wildman–Crippen LogP) is 4.22. The number of amides is 2. The van der Waals surface area contributed by atoms with E-state index in [2.05, 4.69) is 34.4 Å². The Morgan fingerprint density at radius 2 is 0.867 bits per heavy atom. The third-order valence-electron chi connectivity index (χ3n) is 7.94.